The zero-order chi connectivity index (χ0) is 11.5. The summed E-state index contributed by atoms with van der Waals surface area (Å²) in [6, 6.07) is 8.39. The lowest BCUT2D eigenvalue weighted by molar-refractivity contribution is 0.416. The topological polar surface area (TPSA) is 22.1 Å². The van der Waals surface area contributed by atoms with Crippen LogP contribution in [-0.2, 0) is 0 Å². The van der Waals surface area contributed by atoms with E-state index in [1.807, 2.05) is 12.3 Å². The highest BCUT2D eigenvalue weighted by atomic mass is 32.1. The fourth-order valence-corrected chi connectivity index (χ4v) is 2.25. The third kappa shape index (κ3) is 2.09. The second-order valence-electron chi connectivity index (χ2n) is 3.99. The monoisotopic (exact) mass is 233 g/mol. The Balaban J connectivity index is 2.47. The standard InChI is InChI=1S/C13H15NOS/c1-9(2)10-4-5-11(12(8-10)15-3)13-6-7-14-16-13/h4-9H,1-3H3. The molecule has 16 heavy (non-hydrogen) atoms. The van der Waals surface area contributed by atoms with Gasteiger partial charge >= 0.3 is 0 Å². The van der Waals surface area contributed by atoms with E-state index in [4.69, 9.17) is 4.74 Å². The van der Waals surface area contributed by atoms with E-state index in [1.54, 1.807) is 7.11 Å². The Morgan fingerprint density at radius 2 is 2.06 bits per heavy atom. The van der Waals surface area contributed by atoms with E-state index in [0.717, 1.165) is 16.2 Å². The number of benzene rings is 1. The van der Waals surface area contributed by atoms with Crippen LogP contribution in [0.1, 0.15) is 25.3 Å². The summed E-state index contributed by atoms with van der Waals surface area (Å²) in [5.74, 6) is 1.44. The first kappa shape index (κ1) is 11.1. The lowest BCUT2D eigenvalue weighted by Gasteiger charge is -2.11. The zero-order valence-electron chi connectivity index (χ0n) is 9.73. The molecule has 0 aliphatic carbocycles. The second kappa shape index (κ2) is 4.66. The van der Waals surface area contributed by atoms with Crippen LogP contribution in [0.25, 0.3) is 10.4 Å². The van der Waals surface area contributed by atoms with Crippen molar-refractivity contribution in [3.05, 3.63) is 36.0 Å². The Kier molecular flexibility index (Phi) is 3.25. The molecule has 0 atom stereocenters. The first-order chi connectivity index (χ1) is 7.72. The van der Waals surface area contributed by atoms with Gasteiger partial charge in [0.2, 0.25) is 0 Å². The summed E-state index contributed by atoms with van der Waals surface area (Å²) < 4.78 is 9.56. The predicted octanol–water partition coefficient (Wildman–Crippen LogP) is 3.94. The molecule has 0 N–H and O–H groups in total. The minimum Gasteiger partial charge on any atom is -0.496 e. The summed E-state index contributed by atoms with van der Waals surface area (Å²) in [4.78, 5) is 1.15. The molecule has 2 rings (SSSR count). The van der Waals surface area contributed by atoms with Gasteiger partial charge in [-0.05, 0) is 41.2 Å². The van der Waals surface area contributed by atoms with Gasteiger partial charge in [-0.3, -0.25) is 0 Å². The molecule has 1 aromatic carbocycles. The van der Waals surface area contributed by atoms with Crippen LogP contribution in [0.3, 0.4) is 0 Å². The fraction of sp³-hybridized carbons (Fsp3) is 0.308. The summed E-state index contributed by atoms with van der Waals surface area (Å²) >= 11 is 1.49. The first-order valence-electron chi connectivity index (χ1n) is 5.31. The van der Waals surface area contributed by atoms with Crippen LogP contribution in [0.5, 0.6) is 5.75 Å². The molecule has 0 saturated heterocycles. The maximum Gasteiger partial charge on any atom is 0.127 e. The van der Waals surface area contributed by atoms with Crippen LogP contribution >= 0.6 is 11.5 Å². The van der Waals surface area contributed by atoms with Gasteiger partial charge in [-0.25, -0.2) is 4.37 Å². The smallest absolute Gasteiger partial charge is 0.127 e. The van der Waals surface area contributed by atoms with E-state index in [9.17, 15) is 0 Å². The molecule has 0 saturated carbocycles. The molecule has 0 amide bonds. The molecule has 0 aliphatic heterocycles. The van der Waals surface area contributed by atoms with Crippen molar-refractivity contribution in [3.63, 3.8) is 0 Å². The molecule has 1 heterocycles. The van der Waals surface area contributed by atoms with Crippen molar-refractivity contribution in [2.45, 2.75) is 19.8 Å². The Hall–Kier alpha value is -1.35. The van der Waals surface area contributed by atoms with Crippen molar-refractivity contribution in [2.24, 2.45) is 0 Å². The van der Waals surface area contributed by atoms with Crippen LogP contribution < -0.4 is 4.74 Å². The van der Waals surface area contributed by atoms with Crippen LogP contribution in [0.2, 0.25) is 0 Å². The lowest BCUT2D eigenvalue weighted by Crippen LogP contribution is -1.92. The highest BCUT2D eigenvalue weighted by molar-refractivity contribution is 7.09. The third-order valence-electron chi connectivity index (χ3n) is 2.60. The Bertz CT molecular complexity index is 463. The molecule has 3 heteroatoms. The largest absolute Gasteiger partial charge is 0.496 e. The number of hydrogen-bond donors (Lipinski definition) is 0. The molecule has 0 radical (unpaired) electrons. The number of hydrogen-bond acceptors (Lipinski definition) is 3. The Morgan fingerprint density at radius 3 is 2.62 bits per heavy atom. The number of nitrogens with zero attached hydrogens (tertiary/aromatic N) is 1. The minimum atomic E-state index is 0.518. The first-order valence-corrected chi connectivity index (χ1v) is 6.08. The molecule has 0 aliphatic rings. The van der Waals surface area contributed by atoms with Crippen molar-refractivity contribution in [3.8, 4) is 16.2 Å². The van der Waals surface area contributed by atoms with Crippen LogP contribution in [0, 0.1) is 0 Å². The summed E-state index contributed by atoms with van der Waals surface area (Å²) in [5, 5.41) is 0. The Morgan fingerprint density at radius 1 is 1.25 bits per heavy atom. The zero-order valence-corrected chi connectivity index (χ0v) is 10.5. The highest BCUT2D eigenvalue weighted by Gasteiger charge is 2.09. The van der Waals surface area contributed by atoms with E-state index in [1.165, 1.54) is 17.1 Å². The van der Waals surface area contributed by atoms with Gasteiger partial charge in [-0.15, -0.1) is 0 Å². The van der Waals surface area contributed by atoms with Crippen LogP contribution in [-0.4, -0.2) is 11.5 Å². The molecule has 0 bridgehead atoms. The summed E-state index contributed by atoms with van der Waals surface area (Å²) in [6.07, 6.45) is 1.82. The molecule has 2 aromatic rings. The molecular formula is C13H15NOS. The van der Waals surface area contributed by atoms with Crippen molar-refractivity contribution in [2.75, 3.05) is 7.11 Å². The van der Waals surface area contributed by atoms with E-state index in [0.29, 0.717) is 5.92 Å². The molecular weight excluding hydrogens is 218 g/mol. The average molecular weight is 233 g/mol. The van der Waals surface area contributed by atoms with E-state index < -0.39 is 0 Å². The normalized spacial score (nSPS) is 10.8. The van der Waals surface area contributed by atoms with Crippen molar-refractivity contribution < 1.29 is 4.74 Å². The molecule has 1 aromatic heterocycles. The van der Waals surface area contributed by atoms with Gasteiger partial charge in [-0.2, -0.15) is 0 Å². The predicted molar refractivity (Wildman–Crippen MR) is 68.2 cm³/mol. The van der Waals surface area contributed by atoms with Crippen LogP contribution in [0.15, 0.2) is 30.5 Å². The molecule has 0 spiro atoms. The van der Waals surface area contributed by atoms with Gasteiger partial charge in [0.25, 0.3) is 0 Å². The van der Waals surface area contributed by atoms with Gasteiger partial charge in [0.05, 0.1) is 12.0 Å². The minimum absolute atomic E-state index is 0.518. The van der Waals surface area contributed by atoms with Crippen LogP contribution in [0.4, 0.5) is 0 Å². The average Bonchev–Trinajstić information content (AvgIpc) is 2.81. The summed E-state index contributed by atoms with van der Waals surface area (Å²) in [7, 11) is 1.71. The maximum atomic E-state index is 5.44. The Labute approximate surface area is 100 Å². The van der Waals surface area contributed by atoms with Crippen molar-refractivity contribution in [1.82, 2.24) is 4.37 Å². The summed E-state index contributed by atoms with van der Waals surface area (Å²) in [6.45, 7) is 4.36. The number of methoxy groups -OCH3 is 1. The van der Waals surface area contributed by atoms with Crippen molar-refractivity contribution >= 4 is 11.5 Å². The number of aromatic nitrogens is 1. The maximum absolute atomic E-state index is 5.44. The van der Waals surface area contributed by atoms with Gasteiger partial charge in [0, 0.05) is 11.8 Å². The number of rotatable bonds is 3. The second-order valence-corrected chi connectivity index (χ2v) is 4.82. The van der Waals surface area contributed by atoms with Crippen molar-refractivity contribution in [1.29, 1.82) is 0 Å². The van der Waals surface area contributed by atoms with E-state index in [-0.39, 0.29) is 0 Å². The quantitative estimate of drug-likeness (QED) is 0.801. The van der Waals surface area contributed by atoms with Gasteiger partial charge < -0.3 is 4.74 Å². The molecule has 0 unspecified atom stereocenters. The SMILES string of the molecule is COc1cc(C(C)C)ccc1-c1ccns1. The molecule has 0 fully saturated rings. The number of ether oxygens (including phenoxy) is 1. The third-order valence-corrected chi connectivity index (χ3v) is 3.38. The fourth-order valence-electron chi connectivity index (χ4n) is 1.63. The lowest BCUT2D eigenvalue weighted by atomic mass is 10.0. The van der Waals surface area contributed by atoms with Gasteiger partial charge in [0.1, 0.15) is 5.75 Å². The van der Waals surface area contributed by atoms with Gasteiger partial charge in [0.15, 0.2) is 0 Å². The summed E-state index contributed by atoms with van der Waals surface area (Å²) in [5.41, 5.74) is 2.42. The molecule has 2 nitrogen and oxygen atoms in total. The van der Waals surface area contributed by atoms with E-state index in [2.05, 4.69) is 36.4 Å². The molecule has 84 valence electrons. The highest BCUT2D eigenvalue weighted by Crippen LogP contribution is 2.34. The van der Waals surface area contributed by atoms with Gasteiger partial charge in [-0.1, -0.05) is 19.9 Å². The van der Waals surface area contributed by atoms with E-state index >= 15 is 0 Å².